The van der Waals surface area contributed by atoms with Gasteiger partial charge >= 0.3 is 18.1 Å². The molecule has 0 bridgehead atoms. The molecule has 1 atom stereocenters. The van der Waals surface area contributed by atoms with E-state index in [-0.39, 0.29) is 5.97 Å². The van der Waals surface area contributed by atoms with Crippen LogP contribution < -0.4 is 4.74 Å². The van der Waals surface area contributed by atoms with Crippen molar-refractivity contribution < 1.29 is 37.3 Å². The lowest BCUT2D eigenvalue weighted by Crippen LogP contribution is -2.33. The molecule has 4 rings (SSSR count). The van der Waals surface area contributed by atoms with Crippen LogP contribution in [0.3, 0.4) is 0 Å². The number of carboxylic acid groups (broad SMARTS) is 1. The van der Waals surface area contributed by atoms with Gasteiger partial charge in [-0.25, -0.2) is 4.79 Å². The summed E-state index contributed by atoms with van der Waals surface area (Å²) < 4.78 is 42.7. The fraction of sp³-hybridized carbons (Fsp3) is 0.478. The van der Waals surface area contributed by atoms with Gasteiger partial charge in [0.25, 0.3) is 0 Å². The third-order valence-corrected chi connectivity index (χ3v) is 7.83. The summed E-state index contributed by atoms with van der Waals surface area (Å²) in [5.41, 5.74) is 2.60. The summed E-state index contributed by atoms with van der Waals surface area (Å²) >= 11 is 3.39. The second-order valence-corrected chi connectivity index (χ2v) is 10.1. The number of aliphatic carboxylic acids is 1. The van der Waals surface area contributed by atoms with Crippen LogP contribution in [0, 0.1) is 5.92 Å². The van der Waals surface area contributed by atoms with Crippen LogP contribution in [-0.2, 0) is 20.9 Å². The molecule has 34 heavy (non-hydrogen) atoms. The SMILES string of the molecule is COC(=O)CSc1ccc2c(c1)C(C1CCN(C)CC1)c1sccc1CO2.O=C(O)C(F)(F)F. The molecule has 11 heteroatoms. The number of hydrogen-bond acceptors (Lipinski definition) is 7. The Hall–Kier alpha value is -2.24. The molecule has 1 fully saturated rings. The molecule has 0 aliphatic carbocycles. The van der Waals surface area contributed by atoms with Crippen molar-refractivity contribution in [1.29, 1.82) is 0 Å². The van der Waals surface area contributed by atoms with Crippen LogP contribution in [0.15, 0.2) is 34.5 Å². The van der Waals surface area contributed by atoms with Crippen molar-refractivity contribution in [2.24, 2.45) is 5.92 Å². The number of fused-ring (bicyclic) bond motifs is 2. The molecular formula is C23H26F3NO5S2. The van der Waals surface area contributed by atoms with Gasteiger partial charge in [-0.3, -0.25) is 4.79 Å². The maximum atomic E-state index is 11.5. The first-order valence-corrected chi connectivity index (χ1v) is 12.5. The first-order chi connectivity index (χ1) is 16.1. The summed E-state index contributed by atoms with van der Waals surface area (Å²) in [5, 5.41) is 9.32. The Bertz CT molecular complexity index is 1000. The van der Waals surface area contributed by atoms with Crippen LogP contribution in [0.4, 0.5) is 13.2 Å². The molecule has 1 unspecified atom stereocenters. The van der Waals surface area contributed by atoms with Gasteiger partial charge in [0.2, 0.25) is 0 Å². The van der Waals surface area contributed by atoms with Crippen molar-refractivity contribution >= 4 is 35.0 Å². The van der Waals surface area contributed by atoms with E-state index < -0.39 is 12.1 Å². The Kier molecular flexibility index (Phi) is 8.89. The number of piperidine rings is 1. The highest BCUT2D eigenvalue weighted by Crippen LogP contribution is 2.47. The fourth-order valence-electron chi connectivity index (χ4n) is 4.06. The molecular weight excluding hydrogens is 491 g/mol. The van der Waals surface area contributed by atoms with Gasteiger partial charge in [0, 0.05) is 26.8 Å². The monoisotopic (exact) mass is 517 g/mol. The van der Waals surface area contributed by atoms with E-state index in [2.05, 4.69) is 41.6 Å². The van der Waals surface area contributed by atoms with Gasteiger partial charge < -0.3 is 19.5 Å². The highest BCUT2D eigenvalue weighted by atomic mass is 32.2. The number of carbonyl (C=O) groups is 2. The highest BCUT2D eigenvalue weighted by molar-refractivity contribution is 8.00. The van der Waals surface area contributed by atoms with Gasteiger partial charge in [0.05, 0.1) is 12.9 Å². The van der Waals surface area contributed by atoms with Crippen molar-refractivity contribution in [2.75, 3.05) is 33.0 Å². The van der Waals surface area contributed by atoms with E-state index >= 15 is 0 Å². The number of likely N-dealkylation sites (tertiary alicyclic amines) is 1. The normalized spacial score (nSPS) is 18.4. The largest absolute Gasteiger partial charge is 0.490 e. The molecule has 1 aromatic carbocycles. The Morgan fingerprint density at radius 2 is 1.94 bits per heavy atom. The number of carbonyl (C=O) groups excluding carboxylic acids is 1. The number of thiophene rings is 1. The minimum absolute atomic E-state index is 0.196. The van der Waals surface area contributed by atoms with Crippen molar-refractivity contribution in [3.05, 3.63) is 45.6 Å². The second kappa shape index (κ2) is 11.5. The van der Waals surface area contributed by atoms with Crippen LogP contribution in [-0.4, -0.2) is 61.1 Å². The molecule has 1 aromatic heterocycles. The maximum absolute atomic E-state index is 11.5. The standard InChI is InChI=1S/C21H25NO3S2.C2HF3O2/c1-22-8-5-14(6-9-22)20-17-11-16(27-13-19(23)24-2)3-4-18(17)25-12-15-7-10-26-21(15)20;3-2(4,5)1(6)7/h3-4,7,10-11,14,20H,5-6,8-9,12-13H2,1-2H3;(H,6,7). The zero-order valence-corrected chi connectivity index (χ0v) is 20.4. The first-order valence-electron chi connectivity index (χ1n) is 10.6. The van der Waals surface area contributed by atoms with E-state index in [0.29, 0.717) is 24.2 Å². The number of halogens is 3. The van der Waals surface area contributed by atoms with E-state index in [1.54, 1.807) is 0 Å². The number of methoxy groups -OCH3 is 1. The van der Waals surface area contributed by atoms with Crippen molar-refractivity contribution in [3.63, 3.8) is 0 Å². The zero-order valence-electron chi connectivity index (χ0n) is 18.8. The summed E-state index contributed by atoms with van der Waals surface area (Å²) in [7, 11) is 3.64. The maximum Gasteiger partial charge on any atom is 0.490 e. The lowest BCUT2D eigenvalue weighted by Gasteiger charge is -2.34. The van der Waals surface area contributed by atoms with Crippen LogP contribution in [0.1, 0.15) is 34.8 Å². The number of alkyl halides is 3. The summed E-state index contributed by atoms with van der Waals surface area (Å²) in [5.74, 6) is -0.625. The lowest BCUT2D eigenvalue weighted by atomic mass is 9.78. The van der Waals surface area contributed by atoms with Crippen LogP contribution >= 0.6 is 23.1 Å². The third kappa shape index (κ3) is 6.67. The average molecular weight is 518 g/mol. The van der Waals surface area contributed by atoms with E-state index in [1.165, 1.54) is 47.7 Å². The summed E-state index contributed by atoms with van der Waals surface area (Å²) in [6.07, 6.45) is -2.67. The van der Waals surface area contributed by atoms with E-state index in [0.717, 1.165) is 23.7 Å². The van der Waals surface area contributed by atoms with Crippen LogP contribution in [0.5, 0.6) is 5.75 Å². The van der Waals surface area contributed by atoms with Crippen molar-refractivity contribution in [2.45, 2.75) is 36.4 Å². The third-order valence-electron chi connectivity index (χ3n) is 5.82. The molecule has 6 nitrogen and oxygen atoms in total. The Morgan fingerprint density at radius 3 is 2.56 bits per heavy atom. The molecule has 0 amide bonds. The zero-order chi connectivity index (χ0) is 24.9. The number of esters is 1. The number of carboxylic acids is 1. The molecule has 2 aromatic rings. The van der Waals surface area contributed by atoms with Crippen molar-refractivity contribution in [3.8, 4) is 5.75 Å². The summed E-state index contributed by atoms with van der Waals surface area (Å²) in [6, 6.07) is 8.58. The quantitative estimate of drug-likeness (QED) is 0.451. The number of rotatable bonds is 4. The molecule has 1 saturated heterocycles. The number of hydrogen-bond donors (Lipinski definition) is 1. The van der Waals surface area contributed by atoms with Gasteiger partial charge in [-0.2, -0.15) is 13.2 Å². The van der Waals surface area contributed by atoms with Crippen LogP contribution in [0.25, 0.3) is 0 Å². The molecule has 2 aliphatic rings. The van der Waals surface area contributed by atoms with Gasteiger partial charge in [-0.15, -0.1) is 23.1 Å². The smallest absolute Gasteiger partial charge is 0.489 e. The number of ether oxygens (including phenoxy) is 2. The van der Waals surface area contributed by atoms with Gasteiger partial charge in [-0.05, 0) is 68.5 Å². The number of thioether (sulfide) groups is 1. The minimum atomic E-state index is -5.08. The topological polar surface area (TPSA) is 76.1 Å². The summed E-state index contributed by atoms with van der Waals surface area (Å²) in [6.45, 7) is 2.94. The molecule has 3 heterocycles. The molecule has 0 spiro atoms. The predicted molar refractivity (Wildman–Crippen MR) is 124 cm³/mol. The molecule has 2 aliphatic heterocycles. The Balaban J connectivity index is 0.000000406. The highest BCUT2D eigenvalue weighted by Gasteiger charge is 2.38. The van der Waals surface area contributed by atoms with Crippen molar-refractivity contribution in [1.82, 2.24) is 4.90 Å². The predicted octanol–water partition coefficient (Wildman–Crippen LogP) is 5.01. The average Bonchev–Trinajstić information content (AvgIpc) is 3.20. The number of nitrogens with zero attached hydrogens (tertiary/aromatic N) is 1. The Labute approximate surface area is 204 Å². The molecule has 0 saturated carbocycles. The van der Waals surface area contributed by atoms with E-state index in [1.807, 2.05) is 11.3 Å². The molecule has 0 radical (unpaired) electrons. The van der Waals surface area contributed by atoms with E-state index in [4.69, 9.17) is 19.4 Å². The molecule has 1 N–H and O–H groups in total. The minimum Gasteiger partial charge on any atom is -0.489 e. The van der Waals surface area contributed by atoms with Gasteiger partial charge in [0.1, 0.15) is 12.4 Å². The molecule has 186 valence electrons. The lowest BCUT2D eigenvalue weighted by molar-refractivity contribution is -0.192. The van der Waals surface area contributed by atoms with Crippen LogP contribution in [0.2, 0.25) is 0 Å². The number of benzene rings is 1. The summed E-state index contributed by atoms with van der Waals surface area (Å²) in [4.78, 5) is 25.4. The van der Waals surface area contributed by atoms with Gasteiger partial charge in [-0.1, -0.05) is 0 Å². The van der Waals surface area contributed by atoms with E-state index in [9.17, 15) is 18.0 Å². The Morgan fingerprint density at radius 1 is 1.26 bits per heavy atom. The fourth-order valence-corrected chi connectivity index (χ4v) is 5.96. The second-order valence-electron chi connectivity index (χ2n) is 8.08. The first kappa shape index (κ1) is 26.4. The van der Waals surface area contributed by atoms with Gasteiger partial charge in [0.15, 0.2) is 0 Å².